The SMILES string of the molecule is [2H]C([2H])([2H])C([2H])([2H])C([2H])(n1ccc(Br)c1)C([2H])([2H])[2H]. The Morgan fingerprint density at radius 3 is 3.50 bits per heavy atom. The summed E-state index contributed by atoms with van der Waals surface area (Å²) in [5, 5.41) is 0. The number of nitrogens with zero attached hydrogens (tertiary/aromatic N) is 1. The van der Waals surface area contributed by atoms with Crippen LogP contribution >= 0.6 is 15.9 Å². The van der Waals surface area contributed by atoms with Crippen molar-refractivity contribution in [2.75, 3.05) is 0 Å². The Morgan fingerprint density at radius 1 is 2.10 bits per heavy atom. The van der Waals surface area contributed by atoms with Crippen LogP contribution in [0.25, 0.3) is 0 Å². The van der Waals surface area contributed by atoms with Crippen LogP contribution in [0, 0.1) is 0 Å². The molecule has 1 atom stereocenters. The van der Waals surface area contributed by atoms with Gasteiger partial charge in [-0.2, -0.15) is 0 Å². The molecule has 0 aliphatic rings. The molecular formula is C8H12BrN. The van der Waals surface area contributed by atoms with Crippen molar-refractivity contribution in [3.63, 3.8) is 0 Å². The van der Waals surface area contributed by atoms with Gasteiger partial charge in [0.15, 0.2) is 0 Å². The number of hydrogen-bond donors (Lipinski definition) is 0. The van der Waals surface area contributed by atoms with Gasteiger partial charge in [-0.15, -0.1) is 0 Å². The van der Waals surface area contributed by atoms with Gasteiger partial charge in [0.2, 0.25) is 0 Å². The maximum atomic E-state index is 8.03. The fourth-order valence-electron chi connectivity index (χ4n) is 0.574. The second-order valence-corrected chi connectivity index (χ2v) is 2.63. The number of rotatable bonds is 2. The predicted molar refractivity (Wildman–Crippen MR) is 47.1 cm³/mol. The maximum absolute atomic E-state index is 8.03. The van der Waals surface area contributed by atoms with Gasteiger partial charge in [0.25, 0.3) is 0 Å². The fourth-order valence-corrected chi connectivity index (χ4v) is 0.913. The summed E-state index contributed by atoms with van der Waals surface area (Å²) in [7, 11) is 0. The van der Waals surface area contributed by atoms with Crippen LogP contribution in [0.2, 0.25) is 0 Å². The first-order chi connectivity index (χ1) is 8.25. The lowest BCUT2D eigenvalue weighted by molar-refractivity contribution is 0.533. The van der Waals surface area contributed by atoms with E-state index in [2.05, 4.69) is 15.9 Å². The van der Waals surface area contributed by atoms with E-state index in [0.29, 0.717) is 4.47 Å². The molecule has 1 aromatic rings. The molecule has 0 N–H and O–H groups in total. The molecule has 0 bridgehead atoms. The largest absolute Gasteiger partial charge is 0.350 e. The Morgan fingerprint density at radius 2 is 3.00 bits per heavy atom. The number of aromatic nitrogens is 1. The highest BCUT2D eigenvalue weighted by Gasteiger charge is 1.99. The summed E-state index contributed by atoms with van der Waals surface area (Å²) in [4.78, 5) is 0. The van der Waals surface area contributed by atoms with Gasteiger partial charge < -0.3 is 4.57 Å². The van der Waals surface area contributed by atoms with E-state index in [1.54, 1.807) is 0 Å². The number of hydrogen-bond acceptors (Lipinski definition) is 0. The van der Waals surface area contributed by atoms with Gasteiger partial charge in [-0.25, -0.2) is 0 Å². The Hall–Kier alpha value is -0.240. The Kier molecular flexibility index (Phi) is 0.689. The molecule has 56 valence electrons. The minimum atomic E-state index is -3.26. The van der Waals surface area contributed by atoms with Gasteiger partial charge in [0, 0.05) is 33.9 Å². The van der Waals surface area contributed by atoms with Crippen molar-refractivity contribution in [2.24, 2.45) is 0 Å². The van der Waals surface area contributed by atoms with E-state index in [0.717, 1.165) is 10.8 Å². The topological polar surface area (TPSA) is 4.93 Å². The van der Waals surface area contributed by atoms with Gasteiger partial charge in [-0.3, -0.25) is 0 Å². The molecule has 1 unspecified atom stereocenters. The molecule has 0 fully saturated rings. The van der Waals surface area contributed by atoms with Crippen molar-refractivity contribution in [3.05, 3.63) is 22.9 Å². The predicted octanol–water partition coefficient (Wildman–Crippen LogP) is 3.22. The minimum absolute atomic E-state index is 0.426. The van der Waals surface area contributed by atoms with E-state index in [-0.39, 0.29) is 0 Å². The van der Waals surface area contributed by atoms with E-state index >= 15 is 0 Å². The molecule has 0 radical (unpaired) electrons. The molecule has 0 aromatic carbocycles. The third-order valence-electron chi connectivity index (χ3n) is 1.03. The summed E-state index contributed by atoms with van der Waals surface area (Å²) in [6.07, 6.45) is -0.931. The van der Waals surface area contributed by atoms with Gasteiger partial charge in [-0.05, 0) is 35.2 Å². The molecule has 0 aliphatic heterocycles. The van der Waals surface area contributed by atoms with E-state index < -0.39 is 26.1 Å². The quantitative estimate of drug-likeness (QED) is 0.707. The molecule has 2 heteroatoms. The first-order valence-corrected chi connectivity index (χ1v) is 3.38. The van der Waals surface area contributed by atoms with Crippen LogP contribution in [-0.2, 0) is 0 Å². The third-order valence-corrected chi connectivity index (χ3v) is 1.50. The maximum Gasteiger partial charge on any atom is 0.0530 e. The molecule has 1 heterocycles. The molecule has 0 saturated carbocycles. The normalized spacial score (nSPS) is 33.9. The van der Waals surface area contributed by atoms with E-state index in [4.69, 9.17) is 12.3 Å². The van der Waals surface area contributed by atoms with Crippen molar-refractivity contribution in [3.8, 4) is 0 Å². The average molecular weight is 211 g/mol. The van der Waals surface area contributed by atoms with Crippen molar-refractivity contribution >= 4 is 15.9 Å². The molecule has 0 saturated heterocycles. The Bertz CT molecular complexity index is 460. The summed E-state index contributed by atoms with van der Waals surface area (Å²) < 4.78 is 68.3. The van der Waals surface area contributed by atoms with Crippen molar-refractivity contribution < 1.29 is 12.3 Å². The highest BCUT2D eigenvalue weighted by molar-refractivity contribution is 9.10. The molecule has 0 spiro atoms. The molecule has 1 rings (SSSR count). The lowest BCUT2D eigenvalue weighted by Gasteiger charge is -2.09. The van der Waals surface area contributed by atoms with Crippen molar-refractivity contribution in [1.82, 2.24) is 4.57 Å². The monoisotopic (exact) mass is 210 g/mol. The molecule has 10 heavy (non-hydrogen) atoms. The second-order valence-electron chi connectivity index (χ2n) is 1.71. The van der Waals surface area contributed by atoms with E-state index in [1.807, 2.05) is 0 Å². The number of halogens is 1. The Balaban J connectivity index is 3.55. The van der Waals surface area contributed by atoms with Crippen LogP contribution in [0.1, 0.15) is 38.4 Å². The van der Waals surface area contributed by atoms with Crippen molar-refractivity contribution in [1.29, 1.82) is 0 Å². The summed E-state index contributed by atoms with van der Waals surface area (Å²) >= 11 is 3.06. The second kappa shape index (κ2) is 3.24. The first-order valence-electron chi connectivity index (χ1n) is 7.09. The molecule has 1 nitrogen and oxygen atoms in total. The zero-order valence-corrected chi connectivity index (χ0v) is 6.64. The first kappa shape index (κ1) is 2.13. The summed E-state index contributed by atoms with van der Waals surface area (Å²) in [5.41, 5.74) is 0. The Labute approximate surface area is 82.8 Å². The summed E-state index contributed by atoms with van der Waals surface area (Å²) in [6, 6.07) is -1.55. The third kappa shape index (κ3) is 1.63. The molecule has 0 aliphatic carbocycles. The molecule has 1 aromatic heterocycles. The zero-order chi connectivity index (χ0) is 15.3. The zero-order valence-electron chi connectivity index (χ0n) is 14.1. The summed E-state index contributed by atoms with van der Waals surface area (Å²) in [6.45, 7) is -6.41. The van der Waals surface area contributed by atoms with E-state index in [9.17, 15) is 0 Å². The molecule has 0 amide bonds. The summed E-state index contributed by atoms with van der Waals surface area (Å²) in [5.74, 6) is 0. The van der Waals surface area contributed by atoms with Crippen LogP contribution < -0.4 is 0 Å². The van der Waals surface area contributed by atoms with Crippen LogP contribution in [0.5, 0.6) is 0 Å². The lowest BCUT2D eigenvalue weighted by atomic mass is 10.3. The van der Waals surface area contributed by atoms with Gasteiger partial charge in [-0.1, -0.05) is 6.85 Å². The average Bonchev–Trinajstić information content (AvgIpc) is 2.59. The van der Waals surface area contributed by atoms with Crippen LogP contribution in [0.15, 0.2) is 22.9 Å². The van der Waals surface area contributed by atoms with Gasteiger partial charge >= 0.3 is 0 Å². The van der Waals surface area contributed by atoms with Crippen LogP contribution in [-0.4, -0.2) is 4.57 Å². The van der Waals surface area contributed by atoms with Gasteiger partial charge in [0.1, 0.15) is 0 Å². The highest BCUT2D eigenvalue weighted by atomic mass is 79.9. The minimum Gasteiger partial charge on any atom is -0.350 e. The molecular weight excluding hydrogens is 190 g/mol. The van der Waals surface area contributed by atoms with Crippen molar-refractivity contribution in [2.45, 2.75) is 26.1 Å². The lowest BCUT2D eigenvalue weighted by Crippen LogP contribution is -1.99. The van der Waals surface area contributed by atoms with Crippen LogP contribution in [0.3, 0.4) is 0 Å². The smallest absolute Gasteiger partial charge is 0.0530 e. The fraction of sp³-hybridized carbons (Fsp3) is 0.500. The van der Waals surface area contributed by atoms with E-state index in [1.165, 1.54) is 12.3 Å². The highest BCUT2D eigenvalue weighted by Crippen LogP contribution is 2.15. The van der Waals surface area contributed by atoms with Gasteiger partial charge in [0.05, 0.1) is 1.37 Å². The van der Waals surface area contributed by atoms with Crippen LogP contribution in [0.4, 0.5) is 0 Å². The standard InChI is InChI=1S/C8H12BrN/c1-3-7(2)10-5-4-8(9)6-10/h4-7H,3H2,1-2H3/i1D3,2D3,3D2,7D.